The molecule has 1 saturated heterocycles. The van der Waals surface area contributed by atoms with Crippen LogP contribution in [0.15, 0.2) is 41.4 Å². The van der Waals surface area contributed by atoms with Gasteiger partial charge in [-0.25, -0.2) is 9.59 Å². The second kappa shape index (κ2) is 20.4. The van der Waals surface area contributed by atoms with E-state index in [1.807, 2.05) is 38.1 Å². The van der Waals surface area contributed by atoms with E-state index in [4.69, 9.17) is 34.2 Å². The van der Waals surface area contributed by atoms with Gasteiger partial charge in [0.25, 0.3) is 0 Å². The van der Waals surface area contributed by atoms with Crippen LogP contribution in [0.4, 0.5) is 5.69 Å². The first kappa shape index (κ1) is 47.3. The summed E-state index contributed by atoms with van der Waals surface area (Å²) in [7, 11) is 2.64. The number of fused-ring (bicyclic) bond motifs is 1. The molecule has 3 aromatic carbocycles. The fourth-order valence-corrected chi connectivity index (χ4v) is 7.39. The van der Waals surface area contributed by atoms with E-state index in [0.717, 1.165) is 24.0 Å². The summed E-state index contributed by atoms with van der Waals surface area (Å²) >= 11 is 0. The molecule has 3 aromatic rings. The van der Waals surface area contributed by atoms with Crippen LogP contribution < -0.4 is 35.3 Å². The minimum atomic E-state index is -2.43. The minimum Gasteiger partial charge on any atom is -0.504 e. The number of methoxy groups -OCH3 is 1. The van der Waals surface area contributed by atoms with Gasteiger partial charge in [-0.2, -0.15) is 0 Å². The second-order valence-electron chi connectivity index (χ2n) is 15.7. The Balaban J connectivity index is 1.49. The number of nitrogens with two attached hydrogens (primary N) is 1. The van der Waals surface area contributed by atoms with Crippen LogP contribution in [-0.4, -0.2) is 124 Å². The molecule has 2 aliphatic rings. The summed E-state index contributed by atoms with van der Waals surface area (Å²) in [5.74, 6) is -4.85. The Morgan fingerprint density at radius 1 is 1.00 bits per heavy atom. The highest BCUT2D eigenvalue weighted by atomic mass is 16.7. The number of carbonyl (C=O) groups excluding carboxylic acids is 1. The molecule has 62 heavy (non-hydrogen) atoms. The number of aliphatic hydroxyl groups excluding tert-OH is 4. The number of nitrogens with one attached hydrogen (secondary N) is 2. The summed E-state index contributed by atoms with van der Waals surface area (Å²) in [6.07, 6.45) is -8.70. The molecule has 1 fully saturated rings. The zero-order valence-corrected chi connectivity index (χ0v) is 35.6. The van der Waals surface area contributed by atoms with E-state index in [2.05, 4.69) is 29.5 Å². The van der Waals surface area contributed by atoms with E-state index in [9.17, 15) is 45.3 Å². The van der Waals surface area contributed by atoms with Gasteiger partial charge in [-0.05, 0) is 56.1 Å². The molecule has 1 spiro atoms. The molecule has 19 heteroatoms. The summed E-state index contributed by atoms with van der Waals surface area (Å²) in [6.45, 7) is 7.67. The van der Waals surface area contributed by atoms with Gasteiger partial charge in [-0.1, -0.05) is 45.0 Å². The Labute approximate surface area is 359 Å². The Kier molecular flexibility index (Phi) is 15.6. The molecule has 2 heterocycles. The van der Waals surface area contributed by atoms with Crippen molar-refractivity contribution in [1.29, 1.82) is 0 Å². The predicted molar refractivity (Wildman–Crippen MR) is 224 cm³/mol. The van der Waals surface area contributed by atoms with Crippen molar-refractivity contribution in [1.82, 2.24) is 5.32 Å². The first-order valence-corrected chi connectivity index (χ1v) is 20.4. The molecular weight excluding hydrogens is 812 g/mol. The van der Waals surface area contributed by atoms with Gasteiger partial charge in [0, 0.05) is 37.2 Å². The summed E-state index contributed by atoms with van der Waals surface area (Å²) in [6, 6.07) is 10.0. The Morgan fingerprint density at radius 2 is 1.73 bits per heavy atom. The number of carbonyl (C=O) groups is 2. The maximum atomic E-state index is 13.8. The number of rotatable bonds is 17. The summed E-state index contributed by atoms with van der Waals surface area (Å²) < 4.78 is 34.7. The van der Waals surface area contributed by atoms with Crippen molar-refractivity contribution in [3.8, 4) is 34.5 Å². The number of hydrogen-bond donors (Lipinski definition) is 10. The second-order valence-corrected chi connectivity index (χ2v) is 15.7. The van der Waals surface area contributed by atoms with Gasteiger partial charge in [0.05, 0.1) is 25.0 Å². The predicted octanol–water partition coefficient (Wildman–Crippen LogP) is 2.77. The maximum absolute atomic E-state index is 13.8. The monoisotopic (exact) mass is 870 g/mol. The smallest absolute Gasteiger partial charge is 0.344 e. The highest BCUT2D eigenvalue weighted by molar-refractivity contribution is 5.97. The zero-order chi connectivity index (χ0) is 45.5. The molecule has 2 aliphatic heterocycles. The highest BCUT2D eigenvalue weighted by Gasteiger charge is 2.60. The number of carboxylic acid groups (broad SMARTS) is 1. The Hall–Kier alpha value is -5.73. The lowest BCUT2D eigenvalue weighted by molar-refractivity contribution is -0.357. The third-order valence-corrected chi connectivity index (χ3v) is 11.0. The molecule has 340 valence electrons. The first-order valence-electron chi connectivity index (χ1n) is 20.4. The van der Waals surface area contributed by atoms with E-state index in [1.54, 1.807) is 0 Å². The lowest BCUT2D eigenvalue weighted by Gasteiger charge is -2.50. The lowest BCUT2D eigenvalue weighted by Crippen LogP contribution is -2.70. The number of carboxylic acids is 1. The van der Waals surface area contributed by atoms with Crippen LogP contribution >= 0.6 is 0 Å². The number of esters is 1. The molecule has 0 saturated carbocycles. The number of phenols is 2. The standard InChI is InChI=1S/C43H58N4O15/c1-7-23-9-8-10-24(17-23)14-16-58-36-31(48)30-25(35(57-6)34(36)51)13-15-43(41(56)61-39(30)55)37(52)32(49)33(50)40(62-43)60-29-19-27(47-22(4)12-11-21(2)3)26(38(53)54)18-28(29)59-20-46-42(44)45-5/h8-10,17-19,21-22,32-33,37,40-41,47-52,56H,7,11-16,20H2,1-6H3,(H,53,54)(H3,44,45,46). The molecule has 0 aliphatic carbocycles. The van der Waals surface area contributed by atoms with E-state index in [1.165, 1.54) is 26.3 Å². The van der Waals surface area contributed by atoms with Crippen LogP contribution in [0.2, 0.25) is 0 Å². The number of hydrogen-bond acceptors (Lipinski definition) is 16. The Bertz CT molecular complexity index is 2100. The lowest BCUT2D eigenvalue weighted by atomic mass is 9.80. The average Bonchev–Trinajstić information content (AvgIpc) is 3.23. The molecule has 19 nitrogen and oxygen atoms in total. The minimum absolute atomic E-state index is 0.00166. The molecular formula is C43H58N4O15. The van der Waals surface area contributed by atoms with Crippen molar-refractivity contribution in [2.45, 2.75) is 109 Å². The van der Waals surface area contributed by atoms with Gasteiger partial charge < -0.3 is 80.5 Å². The average molecular weight is 871 g/mol. The maximum Gasteiger partial charge on any atom is 0.344 e. The number of ether oxygens (including phenoxy) is 6. The zero-order valence-electron chi connectivity index (χ0n) is 35.6. The van der Waals surface area contributed by atoms with Crippen molar-refractivity contribution < 1.29 is 73.8 Å². The number of cyclic esters (lactones) is 1. The van der Waals surface area contributed by atoms with Crippen molar-refractivity contribution in [3.05, 3.63) is 64.2 Å². The quantitative estimate of drug-likeness (QED) is 0.0404. The van der Waals surface area contributed by atoms with Crippen molar-refractivity contribution in [2.24, 2.45) is 16.6 Å². The molecule has 7 unspecified atom stereocenters. The van der Waals surface area contributed by atoms with E-state index in [0.29, 0.717) is 18.8 Å². The van der Waals surface area contributed by atoms with Gasteiger partial charge in [0.2, 0.25) is 24.1 Å². The van der Waals surface area contributed by atoms with Crippen LogP contribution in [-0.2, 0) is 28.7 Å². The molecule has 0 bridgehead atoms. The largest absolute Gasteiger partial charge is 0.504 e. The van der Waals surface area contributed by atoms with Crippen molar-refractivity contribution in [3.63, 3.8) is 0 Å². The molecule has 11 N–H and O–H groups in total. The van der Waals surface area contributed by atoms with Crippen molar-refractivity contribution >= 4 is 23.6 Å². The molecule has 0 radical (unpaired) electrons. The number of aliphatic imine (C=N–C) groups is 1. The van der Waals surface area contributed by atoms with Crippen molar-refractivity contribution in [2.75, 3.05) is 32.8 Å². The van der Waals surface area contributed by atoms with Gasteiger partial charge in [0.15, 0.2) is 41.3 Å². The van der Waals surface area contributed by atoms with Crippen LogP contribution in [0, 0.1) is 5.92 Å². The number of aryl methyl sites for hydroxylation is 1. The van der Waals surface area contributed by atoms with Gasteiger partial charge in [-0.3, -0.25) is 4.99 Å². The molecule has 0 amide bonds. The fourth-order valence-electron chi connectivity index (χ4n) is 7.39. The van der Waals surface area contributed by atoms with Gasteiger partial charge >= 0.3 is 11.9 Å². The topological polar surface area (TPSA) is 294 Å². The number of aliphatic hydroxyl groups is 4. The third kappa shape index (κ3) is 10.3. The van der Waals surface area contributed by atoms with Crippen LogP contribution in [0.1, 0.15) is 84.4 Å². The third-order valence-electron chi connectivity index (χ3n) is 11.0. The van der Waals surface area contributed by atoms with E-state index >= 15 is 0 Å². The summed E-state index contributed by atoms with van der Waals surface area (Å²) in [5.41, 5.74) is 4.65. The van der Waals surface area contributed by atoms with Gasteiger partial charge in [0.1, 0.15) is 23.9 Å². The number of nitrogens with zero attached hydrogens (tertiary/aromatic N) is 1. The number of aromatic hydroxyl groups is 2. The van der Waals surface area contributed by atoms with Crippen LogP contribution in [0.3, 0.4) is 0 Å². The molecule has 7 atom stereocenters. The first-order chi connectivity index (χ1) is 29.5. The molecule has 0 aromatic heterocycles. The molecule has 5 rings (SSSR count). The summed E-state index contributed by atoms with van der Waals surface area (Å²) in [4.78, 5) is 30.1. The van der Waals surface area contributed by atoms with Crippen LogP contribution in [0.5, 0.6) is 34.5 Å². The highest BCUT2D eigenvalue weighted by Crippen LogP contribution is 2.51. The fraction of sp³-hybridized carbons (Fsp3) is 0.512. The number of benzene rings is 3. The van der Waals surface area contributed by atoms with E-state index < -0.39 is 77.7 Å². The Morgan fingerprint density at radius 3 is 2.39 bits per heavy atom. The summed E-state index contributed by atoms with van der Waals surface area (Å²) in [5, 5.41) is 84.3. The number of guanidine groups is 1. The van der Waals surface area contributed by atoms with Crippen LogP contribution in [0.25, 0.3) is 0 Å². The normalized spacial score (nSPS) is 23.1. The number of phenolic OH excluding ortho intramolecular Hbond substituents is 2. The van der Waals surface area contributed by atoms with E-state index in [-0.39, 0.29) is 65.8 Å². The number of anilines is 1. The van der Waals surface area contributed by atoms with Gasteiger partial charge in [-0.15, -0.1) is 0 Å². The number of aromatic carboxylic acids is 1. The SMILES string of the molecule is CCc1cccc(CCOc2c(O)c(OC)c3c(c2O)C(=O)OC(O)C2(CC3)OC(Oc3cc(NC(C)CCC(C)C)c(C(=O)O)cc3OCNC(N)=NC)C(O)C(O)C2O)c1.